The maximum absolute atomic E-state index is 6.52. The van der Waals surface area contributed by atoms with Gasteiger partial charge in [0, 0.05) is 37.9 Å². The van der Waals surface area contributed by atoms with Crippen molar-refractivity contribution < 1.29 is 4.74 Å². The molecule has 0 amide bonds. The second kappa shape index (κ2) is 4.99. The Morgan fingerprint density at radius 1 is 0.909 bits per heavy atom. The van der Waals surface area contributed by atoms with E-state index in [1.165, 1.54) is 49.4 Å². The highest BCUT2D eigenvalue weighted by molar-refractivity contribution is 5.71. The molecule has 3 aliphatic heterocycles. The Balaban J connectivity index is 1.27. The molecule has 0 aromatic heterocycles. The molecule has 2 atom stereocenters. The summed E-state index contributed by atoms with van der Waals surface area (Å²) in [5, 5.41) is 0. The lowest BCUT2D eigenvalue weighted by atomic mass is 9.66. The minimum absolute atomic E-state index is 0.475. The van der Waals surface area contributed by atoms with Crippen LogP contribution in [0.3, 0.4) is 0 Å². The van der Waals surface area contributed by atoms with Gasteiger partial charge in [0.2, 0.25) is 0 Å². The van der Waals surface area contributed by atoms with Crippen LogP contribution in [0.25, 0.3) is 5.57 Å². The number of hydrogen-bond acceptors (Lipinski definition) is 2. The predicted molar refractivity (Wildman–Crippen MR) is 88.1 cm³/mol. The van der Waals surface area contributed by atoms with E-state index in [4.69, 9.17) is 4.74 Å². The maximum atomic E-state index is 6.52. The number of benzene rings is 1. The van der Waals surface area contributed by atoms with Crippen LogP contribution in [0.5, 0.6) is 0 Å². The molecule has 3 saturated heterocycles. The Bertz CT molecular complexity index is 602. The highest BCUT2D eigenvalue weighted by atomic mass is 16.5. The first kappa shape index (κ1) is 13.0. The predicted octanol–water partition coefficient (Wildman–Crippen LogP) is 3.71. The third-order valence-electron chi connectivity index (χ3n) is 5.97. The summed E-state index contributed by atoms with van der Waals surface area (Å²) >= 11 is 0. The molecule has 2 heteroatoms. The van der Waals surface area contributed by atoms with Crippen LogP contribution in [0.15, 0.2) is 48.2 Å². The number of rotatable bonds is 3. The van der Waals surface area contributed by atoms with E-state index < -0.39 is 0 Å². The van der Waals surface area contributed by atoms with Gasteiger partial charge in [0.25, 0.3) is 0 Å². The summed E-state index contributed by atoms with van der Waals surface area (Å²) in [5.74, 6) is 3.68. The van der Waals surface area contributed by atoms with Crippen molar-refractivity contribution in [3.8, 4) is 0 Å². The Morgan fingerprint density at radius 2 is 1.68 bits per heavy atom. The lowest BCUT2D eigenvalue weighted by Crippen LogP contribution is -2.60. The molecule has 2 aliphatic carbocycles. The molecule has 0 spiro atoms. The van der Waals surface area contributed by atoms with Crippen LogP contribution in [-0.4, -0.2) is 30.6 Å². The Morgan fingerprint density at radius 3 is 2.41 bits per heavy atom. The average molecular weight is 293 g/mol. The van der Waals surface area contributed by atoms with E-state index in [1.54, 1.807) is 0 Å². The Hall–Kier alpha value is -1.54. The molecule has 1 aromatic carbocycles. The van der Waals surface area contributed by atoms with Gasteiger partial charge in [-0.05, 0) is 36.0 Å². The normalized spacial score (nSPS) is 38.8. The van der Waals surface area contributed by atoms with E-state index in [0.717, 1.165) is 24.2 Å². The van der Waals surface area contributed by atoms with Crippen LogP contribution in [0, 0.1) is 17.8 Å². The van der Waals surface area contributed by atoms with Gasteiger partial charge in [0.1, 0.15) is 11.9 Å². The molecule has 1 aromatic rings. The highest BCUT2D eigenvalue weighted by Gasteiger charge is 2.48. The van der Waals surface area contributed by atoms with Crippen LogP contribution < -0.4 is 0 Å². The first-order valence-electron chi connectivity index (χ1n) is 8.69. The maximum Gasteiger partial charge on any atom is 0.106 e. The first-order valence-corrected chi connectivity index (χ1v) is 8.69. The summed E-state index contributed by atoms with van der Waals surface area (Å²) < 4.78 is 6.52. The zero-order chi connectivity index (χ0) is 14.5. The van der Waals surface area contributed by atoms with Crippen LogP contribution in [-0.2, 0) is 4.74 Å². The van der Waals surface area contributed by atoms with Crippen molar-refractivity contribution in [1.82, 2.24) is 4.90 Å². The quantitative estimate of drug-likeness (QED) is 0.842. The van der Waals surface area contributed by atoms with Gasteiger partial charge in [-0.15, -0.1) is 0 Å². The van der Waals surface area contributed by atoms with Gasteiger partial charge in [-0.3, -0.25) is 0 Å². The fourth-order valence-corrected chi connectivity index (χ4v) is 5.16. The van der Waals surface area contributed by atoms with E-state index >= 15 is 0 Å². The summed E-state index contributed by atoms with van der Waals surface area (Å²) in [6.07, 6.45) is 8.67. The average Bonchev–Trinajstić information content (AvgIpc) is 3.00. The minimum atomic E-state index is 0.475. The van der Waals surface area contributed by atoms with E-state index in [9.17, 15) is 0 Å². The van der Waals surface area contributed by atoms with Crippen LogP contribution in [0.1, 0.15) is 24.8 Å². The van der Waals surface area contributed by atoms with Gasteiger partial charge in [-0.1, -0.05) is 36.4 Å². The summed E-state index contributed by atoms with van der Waals surface area (Å²) in [5.41, 5.74) is 2.72. The molecule has 5 aliphatic rings. The van der Waals surface area contributed by atoms with Crippen LogP contribution >= 0.6 is 0 Å². The molecular formula is C20H23NO. The van der Waals surface area contributed by atoms with Gasteiger partial charge in [0.05, 0.1) is 0 Å². The van der Waals surface area contributed by atoms with Gasteiger partial charge < -0.3 is 9.64 Å². The smallest absolute Gasteiger partial charge is 0.106 e. The zero-order valence-electron chi connectivity index (χ0n) is 12.9. The third-order valence-corrected chi connectivity index (χ3v) is 5.97. The SMILES string of the molecule is C1=C(OC2C3CC4CC2CN(C4)C3)CC(c2ccccc2)=C1. The Labute approximate surface area is 132 Å². The van der Waals surface area contributed by atoms with E-state index in [0.29, 0.717) is 6.10 Å². The molecule has 22 heavy (non-hydrogen) atoms. The summed E-state index contributed by atoms with van der Waals surface area (Å²) in [7, 11) is 0. The van der Waals surface area contributed by atoms with Crippen molar-refractivity contribution >= 4 is 5.57 Å². The fraction of sp³-hybridized carbons (Fsp3) is 0.500. The standard InChI is InChI=1S/C20H23NO/c1-2-4-15(5-3-1)16-6-7-19(10-16)22-20-17-8-14-9-18(20)13-21(11-14)12-17/h1-7,14,17-18,20H,8-13H2. The molecule has 4 bridgehead atoms. The molecule has 1 saturated carbocycles. The lowest BCUT2D eigenvalue weighted by Gasteiger charge is -2.55. The van der Waals surface area contributed by atoms with Gasteiger partial charge in [0.15, 0.2) is 0 Å². The van der Waals surface area contributed by atoms with Crippen molar-refractivity contribution in [2.24, 2.45) is 17.8 Å². The molecule has 2 unspecified atom stereocenters. The van der Waals surface area contributed by atoms with Crippen LogP contribution in [0.4, 0.5) is 0 Å². The van der Waals surface area contributed by atoms with Crippen molar-refractivity contribution in [2.75, 3.05) is 19.6 Å². The molecule has 3 heterocycles. The van der Waals surface area contributed by atoms with Gasteiger partial charge >= 0.3 is 0 Å². The zero-order valence-corrected chi connectivity index (χ0v) is 12.9. The highest BCUT2D eigenvalue weighted by Crippen LogP contribution is 2.46. The Kier molecular flexibility index (Phi) is 2.94. The van der Waals surface area contributed by atoms with E-state index in [1.807, 2.05) is 0 Å². The minimum Gasteiger partial charge on any atom is -0.494 e. The summed E-state index contributed by atoms with van der Waals surface area (Å²) in [6, 6.07) is 10.7. The number of nitrogens with zero attached hydrogens (tertiary/aromatic N) is 1. The number of ether oxygens (including phenoxy) is 1. The van der Waals surface area contributed by atoms with Gasteiger partial charge in [-0.25, -0.2) is 0 Å². The number of allylic oxidation sites excluding steroid dienone is 3. The van der Waals surface area contributed by atoms with E-state index in [2.05, 4.69) is 47.4 Å². The monoisotopic (exact) mass is 293 g/mol. The van der Waals surface area contributed by atoms with E-state index in [-0.39, 0.29) is 0 Å². The van der Waals surface area contributed by atoms with Crippen molar-refractivity contribution in [3.63, 3.8) is 0 Å². The van der Waals surface area contributed by atoms with Crippen molar-refractivity contribution in [1.29, 1.82) is 0 Å². The molecule has 114 valence electrons. The summed E-state index contributed by atoms with van der Waals surface area (Å²) in [6.45, 7) is 3.88. The third kappa shape index (κ3) is 2.13. The largest absolute Gasteiger partial charge is 0.494 e. The second-order valence-corrected chi connectivity index (χ2v) is 7.53. The molecule has 2 nitrogen and oxygen atoms in total. The molecular weight excluding hydrogens is 270 g/mol. The fourth-order valence-electron chi connectivity index (χ4n) is 5.16. The topological polar surface area (TPSA) is 12.5 Å². The number of piperidine rings is 3. The van der Waals surface area contributed by atoms with Crippen molar-refractivity contribution in [3.05, 3.63) is 53.8 Å². The van der Waals surface area contributed by atoms with Crippen molar-refractivity contribution in [2.45, 2.75) is 25.4 Å². The molecule has 4 fully saturated rings. The van der Waals surface area contributed by atoms with Crippen LogP contribution in [0.2, 0.25) is 0 Å². The molecule has 0 radical (unpaired) electrons. The molecule has 0 N–H and O–H groups in total. The second-order valence-electron chi connectivity index (χ2n) is 7.53. The lowest BCUT2D eigenvalue weighted by molar-refractivity contribution is -0.121. The molecule has 6 rings (SSSR count). The number of hydrogen-bond donors (Lipinski definition) is 0. The van der Waals surface area contributed by atoms with Gasteiger partial charge in [-0.2, -0.15) is 0 Å². The summed E-state index contributed by atoms with van der Waals surface area (Å²) in [4.78, 5) is 2.67. The first-order chi connectivity index (χ1) is 10.8.